The molecule has 1 aromatic carbocycles. The second-order valence-corrected chi connectivity index (χ2v) is 8.33. The maximum atomic E-state index is 4.56. The van der Waals surface area contributed by atoms with Gasteiger partial charge in [0.1, 0.15) is 22.8 Å². The summed E-state index contributed by atoms with van der Waals surface area (Å²) in [5, 5.41) is 4.80. The van der Waals surface area contributed by atoms with Crippen LogP contribution in [-0.4, -0.2) is 26.1 Å². The van der Waals surface area contributed by atoms with Crippen molar-refractivity contribution < 1.29 is 0 Å². The van der Waals surface area contributed by atoms with Gasteiger partial charge >= 0.3 is 0 Å². The summed E-state index contributed by atoms with van der Waals surface area (Å²) in [4.78, 5) is 16.3. The summed E-state index contributed by atoms with van der Waals surface area (Å²) in [6.45, 7) is 1.66. The number of anilines is 1. The first-order valence-corrected chi connectivity index (χ1v) is 10.7. The van der Waals surface area contributed by atoms with Crippen molar-refractivity contribution in [3.05, 3.63) is 70.9 Å². The Morgan fingerprint density at radius 3 is 2.86 bits per heavy atom. The van der Waals surface area contributed by atoms with Crippen LogP contribution >= 0.6 is 11.3 Å². The molecule has 0 bridgehead atoms. The standard InChI is InChI=1S/C22H23N5S/c1-2-6-16(7-3-1)14-27-13-12-23-19(27)10-11-24-21-20-17-8-4-5-9-18(17)28-22(20)26-15-25-21/h1-3,6-7,12-13,15H,4-5,8-11,14H2,(H,24,25,26). The number of hydrogen-bond donors (Lipinski definition) is 1. The van der Waals surface area contributed by atoms with Crippen LogP contribution in [0.15, 0.2) is 49.1 Å². The third-order valence-electron chi connectivity index (χ3n) is 5.39. The highest BCUT2D eigenvalue weighted by Gasteiger charge is 2.19. The predicted molar refractivity (Wildman–Crippen MR) is 114 cm³/mol. The first-order chi connectivity index (χ1) is 13.9. The SMILES string of the molecule is c1ccc(Cn2ccnc2CCNc2ncnc3sc4c(c23)CCCC4)cc1. The van der Waals surface area contributed by atoms with Gasteiger partial charge in [0, 0.05) is 36.8 Å². The summed E-state index contributed by atoms with van der Waals surface area (Å²) in [5.41, 5.74) is 2.76. The molecule has 5 rings (SSSR count). The quantitative estimate of drug-likeness (QED) is 0.529. The fourth-order valence-corrected chi connectivity index (χ4v) is 5.24. The minimum absolute atomic E-state index is 0.808. The number of hydrogen-bond acceptors (Lipinski definition) is 5. The average molecular weight is 390 g/mol. The molecule has 5 nitrogen and oxygen atoms in total. The highest BCUT2D eigenvalue weighted by atomic mass is 32.1. The molecule has 0 aliphatic heterocycles. The molecule has 3 heterocycles. The van der Waals surface area contributed by atoms with E-state index in [1.165, 1.54) is 40.7 Å². The number of rotatable bonds is 6. The molecule has 0 amide bonds. The smallest absolute Gasteiger partial charge is 0.138 e. The van der Waals surface area contributed by atoms with Gasteiger partial charge in [-0.05, 0) is 36.8 Å². The second kappa shape index (κ2) is 7.72. The molecule has 0 fully saturated rings. The maximum Gasteiger partial charge on any atom is 0.138 e. The Bertz CT molecular complexity index is 1080. The summed E-state index contributed by atoms with van der Waals surface area (Å²) in [5.74, 6) is 2.07. The van der Waals surface area contributed by atoms with Crippen molar-refractivity contribution in [3.8, 4) is 0 Å². The molecule has 4 aromatic rings. The van der Waals surface area contributed by atoms with Gasteiger partial charge in [0.2, 0.25) is 0 Å². The lowest BCUT2D eigenvalue weighted by atomic mass is 9.97. The Hall–Kier alpha value is -2.73. The van der Waals surface area contributed by atoms with Crippen molar-refractivity contribution in [2.75, 3.05) is 11.9 Å². The van der Waals surface area contributed by atoms with Crippen molar-refractivity contribution in [3.63, 3.8) is 0 Å². The molecule has 0 unspecified atom stereocenters. The minimum atomic E-state index is 0.808. The highest BCUT2D eigenvalue weighted by molar-refractivity contribution is 7.19. The fraction of sp³-hybridized carbons (Fsp3) is 0.318. The molecular formula is C22H23N5S. The molecule has 0 saturated carbocycles. The van der Waals surface area contributed by atoms with Crippen LogP contribution in [0.4, 0.5) is 5.82 Å². The van der Waals surface area contributed by atoms with Crippen LogP contribution < -0.4 is 5.32 Å². The normalized spacial score (nSPS) is 13.6. The Labute approximate surface area is 168 Å². The van der Waals surface area contributed by atoms with E-state index < -0.39 is 0 Å². The Morgan fingerprint density at radius 1 is 1.04 bits per heavy atom. The fourth-order valence-electron chi connectivity index (χ4n) is 4.01. The van der Waals surface area contributed by atoms with Gasteiger partial charge in [0.05, 0.1) is 5.39 Å². The van der Waals surface area contributed by atoms with Gasteiger partial charge < -0.3 is 9.88 Å². The lowest BCUT2D eigenvalue weighted by molar-refractivity contribution is 0.700. The molecule has 0 spiro atoms. The largest absolute Gasteiger partial charge is 0.369 e. The molecule has 1 aliphatic rings. The number of nitrogens with zero attached hydrogens (tertiary/aromatic N) is 4. The number of fused-ring (bicyclic) bond motifs is 3. The van der Waals surface area contributed by atoms with E-state index in [1.807, 2.05) is 23.6 Å². The van der Waals surface area contributed by atoms with Gasteiger partial charge in [0.25, 0.3) is 0 Å². The third-order valence-corrected chi connectivity index (χ3v) is 6.59. The summed E-state index contributed by atoms with van der Waals surface area (Å²) in [6.07, 6.45) is 11.4. The number of benzene rings is 1. The van der Waals surface area contributed by atoms with Crippen LogP contribution in [0.3, 0.4) is 0 Å². The molecule has 3 aromatic heterocycles. The van der Waals surface area contributed by atoms with Crippen molar-refractivity contribution in [2.24, 2.45) is 0 Å². The van der Waals surface area contributed by atoms with E-state index in [0.29, 0.717) is 0 Å². The van der Waals surface area contributed by atoms with Gasteiger partial charge in [-0.15, -0.1) is 11.3 Å². The topological polar surface area (TPSA) is 55.6 Å². The number of aromatic nitrogens is 4. The molecule has 0 saturated heterocycles. The van der Waals surface area contributed by atoms with Gasteiger partial charge in [-0.1, -0.05) is 30.3 Å². The van der Waals surface area contributed by atoms with E-state index in [2.05, 4.69) is 55.3 Å². The Morgan fingerprint density at radius 2 is 1.93 bits per heavy atom. The summed E-state index contributed by atoms with van der Waals surface area (Å²) >= 11 is 1.84. The van der Waals surface area contributed by atoms with Crippen LogP contribution in [0, 0.1) is 0 Å². The summed E-state index contributed by atoms with van der Waals surface area (Å²) in [7, 11) is 0. The molecule has 1 aliphatic carbocycles. The number of imidazole rings is 1. The Balaban J connectivity index is 1.31. The van der Waals surface area contributed by atoms with E-state index in [4.69, 9.17) is 0 Å². The van der Waals surface area contributed by atoms with Crippen LogP contribution in [0.1, 0.15) is 34.7 Å². The molecule has 1 N–H and O–H groups in total. The molecule has 6 heteroatoms. The maximum absolute atomic E-state index is 4.56. The summed E-state index contributed by atoms with van der Waals surface area (Å²) in [6, 6.07) is 10.5. The van der Waals surface area contributed by atoms with Crippen molar-refractivity contribution in [2.45, 2.75) is 38.6 Å². The zero-order chi connectivity index (χ0) is 18.8. The third kappa shape index (κ3) is 3.40. The van der Waals surface area contributed by atoms with Gasteiger partial charge in [-0.25, -0.2) is 15.0 Å². The minimum Gasteiger partial charge on any atom is -0.369 e. The van der Waals surface area contributed by atoms with Crippen LogP contribution in [0.5, 0.6) is 0 Å². The van der Waals surface area contributed by atoms with Crippen LogP contribution in [-0.2, 0) is 25.8 Å². The number of thiophene rings is 1. The van der Waals surface area contributed by atoms with Gasteiger partial charge in [-0.2, -0.15) is 0 Å². The number of nitrogens with one attached hydrogen (secondary N) is 1. The van der Waals surface area contributed by atoms with Crippen molar-refractivity contribution in [1.29, 1.82) is 0 Å². The van der Waals surface area contributed by atoms with Crippen molar-refractivity contribution >= 4 is 27.4 Å². The highest BCUT2D eigenvalue weighted by Crippen LogP contribution is 2.38. The molecule has 0 radical (unpaired) electrons. The van der Waals surface area contributed by atoms with E-state index in [1.54, 1.807) is 6.33 Å². The first-order valence-electron chi connectivity index (χ1n) is 9.91. The van der Waals surface area contributed by atoms with E-state index >= 15 is 0 Å². The van der Waals surface area contributed by atoms with Gasteiger partial charge in [-0.3, -0.25) is 0 Å². The molecule has 28 heavy (non-hydrogen) atoms. The van der Waals surface area contributed by atoms with E-state index in [-0.39, 0.29) is 0 Å². The Kier molecular flexibility index (Phi) is 4.79. The average Bonchev–Trinajstić information content (AvgIpc) is 3.33. The number of aryl methyl sites for hydroxylation is 2. The zero-order valence-corrected chi connectivity index (χ0v) is 16.6. The van der Waals surface area contributed by atoms with Crippen molar-refractivity contribution in [1.82, 2.24) is 19.5 Å². The zero-order valence-electron chi connectivity index (χ0n) is 15.8. The molecular weight excluding hydrogens is 366 g/mol. The van der Waals surface area contributed by atoms with E-state index in [9.17, 15) is 0 Å². The van der Waals surface area contributed by atoms with Crippen LogP contribution in [0.25, 0.3) is 10.2 Å². The van der Waals surface area contributed by atoms with Gasteiger partial charge in [0.15, 0.2) is 0 Å². The molecule has 142 valence electrons. The first kappa shape index (κ1) is 17.4. The van der Waals surface area contributed by atoms with Crippen LogP contribution in [0.2, 0.25) is 0 Å². The lowest BCUT2D eigenvalue weighted by Gasteiger charge is -2.13. The molecule has 0 atom stereocenters. The summed E-state index contributed by atoms with van der Waals surface area (Å²) < 4.78 is 2.22. The van der Waals surface area contributed by atoms with E-state index in [0.717, 1.165) is 42.4 Å². The predicted octanol–water partition coefficient (Wildman–Crippen LogP) is 4.47. The second-order valence-electron chi connectivity index (χ2n) is 7.25. The lowest BCUT2D eigenvalue weighted by Crippen LogP contribution is -2.12. The monoisotopic (exact) mass is 389 g/mol.